The first-order valence-electron chi connectivity index (χ1n) is 6.60. The van der Waals surface area contributed by atoms with E-state index in [1.807, 2.05) is 23.1 Å². The molecule has 1 aliphatic rings. The van der Waals surface area contributed by atoms with E-state index in [0.717, 1.165) is 18.4 Å². The summed E-state index contributed by atoms with van der Waals surface area (Å²) in [6.07, 6.45) is 1.77. The Morgan fingerprint density at radius 2 is 2.05 bits per heavy atom. The summed E-state index contributed by atoms with van der Waals surface area (Å²) in [5, 5.41) is 12.3. The second-order valence-corrected chi connectivity index (χ2v) is 5.36. The molecule has 0 atom stereocenters. The Kier molecular flexibility index (Phi) is 4.84. The maximum absolute atomic E-state index is 12.2. The van der Waals surface area contributed by atoms with Crippen molar-refractivity contribution in [2.45, 2.75) is 19.3 Å². The van der Waals surface area contributed by atoms with Crippen LogP contribution in [0.4, 0.5) is 0 Å². The summed E-state index contributed by atoms with van der Waals surface area (Å²) in [5.41, 5.74) is 6.44. The van der Waals surface area contributed by atoms with Crippen LogP contribution in [0, 0.1) is 5.92 Å². The van der Waals surface area contributed by atoms with Crippen molar-refractivity contribution in [1.29, 1.82) is 0 Å². The van der Waals surface area contributed by atoms with Crippen LogP contribution in [0.15, 0.2) is 29.4 Å². The van der Waals surface area contributed by atoms with E-state index in [4.69, 9.17) is 22.5 Å². The zero-order chi connectivity index (χ0) is 14.5. The van der Waals surface area contributed by atoms with Gasteiger partial charge in [-0.25, -0.2) is 0 Å². The van der Waals surface area contributed by atoms with Crippen molar-refractivity contribution in [2.24, 2.45) is 16.8 Å². The topological polar surface area (TPSA) is 78.9 Å². The molecule has 1 amide bonds. The van der Waals surface area contributed by atoms with Gasteiger partial charge in [0.1, 0.15) is 5.84 Å². The van der Waals surface area contributed by atoms with Crippen LogP contribution in [-0.2, 0) is 11.2 Å². The molecule has 3 N–H and O–H groups in total. The third kappa shape index (κ3) is 3.42. The maximum Gasteiger partial charge on any atom is 0.227 e. The number of likely N-dealkylation sites (tertiary alicyclic amines) is 1. The van der Waals surface area contributed by atoms with Crippen LogP contribution in [0.25, 0.3) is 0 Å². The van der Waals surface area contributed by atoms with Crippen molar-refractivity contribution in [3.8, 4) is 0 Å². The average Bonchev–Trinajstić information content (AvgIpc) is 2.49. The van der Waals surface area contributed by atoms with E-state index in [-0.39, 0.29) is 17.7 Å². The number of benzene rings is 1. The zero-order valence-corrected chi connectivity index (χ0v) is 11.9. The van der Waals surface area contributed by atoms with Crippen molar-refractivity contribution in [1.82, 2.24) is 4.90 Å². The van der Waals surface area contributed by atoms with Gasteiger partial charge in [-0.05, 0) is 24.5 Å². The van der Waals surface area contributed by atoms with Gasteiger partial charge in [0.15, 0.2) is 0 Å². The SMILES string of the molecule is NC(=NO)C1CCN(C(=O)Cc2ccccc2Cl)CC1. The molecule has 20 heavy (non-hydrogen) atoms. The Morgan fingerprint density at radius 3 is 2.65 bits per heavy atom. The molecular formula is C14H18ClN3O2. The minimum absolute atomic E-state index is 0.0596. The number of amides is 1. The lowest BCUT2D eigenvalue weighted by Gasteiger charge is -2.31. The fourth-order valence-corrected chi connectivity index (χ4v) is 2.63. The van der Waals surface area contributed by atoms with E-state index in [2.05, 4.69) is 5.16 Å². The van der Waals surface area contributed by atoms with Gasteiger partial charge in [-0.2, -0.15) is 0 Å². The fraction of sp³-hybridized carbons (Fsp3) is 0.429. The van der Waals surface area contributed by atoms with Crippen molar-refractivity contribution in [3.63, 3.8) is 0 Å². The van der Waals surface area contributed by atoms with E-state index in [1.165, 1.54) is 0 Å². The molecule has 0 bridgehead atoms. The molecule has 5 nitrogen and oxygen atoms in total. The lowest BCUT2D eigenvalue weighted by molar-refractivity contribution is -0.131. The maximum atomic E-state index is 12.2. The Bertz CT molecular complexity index is 511. The average molecular weight is 296 g/mol. The quantitative estimate of drug-likeness (QED) is 0.387. The van der Waals surface area contributed by atoms with Gasteiger partial charge < -0.3 is 15.8 Å². The Balaban J connectivity index is 1.91. The first-order valence-corrected chi connectivity index (χ1v) is 6.98. The van der Waals surface area contributed by atoms with Gasteiger partial charge in [0.25, 0.3) is 0 Å². The summed E-state index contributed by atoms with van der Waals surface area (Å²) < 4.78 is 0. The highest BCUT2D eigenvalue weighted by Crippen LogP contribution is 2.20. The highest BCUT2D eigenvalue weighted by molar-refractivity contribution is 6.31. The summed E-state index contributed by atoms with van der Waals surface area (Å²) in [6, 6.07) is 7.37. The molecule has 1 fully saturated rings. The third-order valence-corrected chi connectivity index (χ3v) is 4.05. The lowest BCUT2D eigenvalue weighted by atomic mass is 9.95. The second kappa shape index (κ2) is 6.61. The largest absolute Gasteiger partial charge is 0.409 e. The van der Waals surface area contributed by atoms with Crippen molar-refractivity contribution in [3.05, 3.63) is 34.9 Å². The number of piperidine rings is 1. The van der Waals surface area contributed by atoms with Gasteiger partial charge in [0.2, 0.25) is 5.91 Å². The first kappa shape index (κ1) is 14.7. The molecule has 1 saturated heterocycles. The van der Waals surface area contributed by atoms with E-state index >= 15 is 0 Å². The minimum atomic E-state index is 0.0596. The number of rotatable bonds is 3. The molecule has 0 aromatic heterocycles. The second-order valence-electron chi connectivity index (χ2n) is 4.95. The summed E-state index contributed by atoms with van der Waals surface area (Å²) in [4.78, 5) is 14.0. The summed E-state index contributed by atoms with van der Waals surface area (Å²) in [6.45, 7) is 1.26. The molecule has 0 aliphatic carbocycles. The van der Waals surface area contributed by atoms with E-state index < -0.39 is 0 Å². The molecule has 2 rings (SSSR count). The number of nitrogens with two attached hydrogens (primary N) is 1. The number of carbonyl (C=O) groups is 1. The highest BCUT2D eigenvalue weighted by atomic mass is 35.5. The molecule has 0 unspecified atom stereocenters. The van der Waals surface area contributed by atoms with Crippen molar-refractivity contribution in [2.75, 3.05) is 13.1 Å². The normalized spacial score (nSPS) is 17.2. The molecule has 1 heterocycles. The van der Waals surface area contributed by atoms with Crippen LogP contribution in [-0.4, -0.2) is 34.9 Å². The van der Waals surface area contributed by atoms with Crippen molar-refractivity contribution >= 4 is 23.3 Å². The number of halogens is 1. The van der Waals surface area contributed by atoms with Crippen LogP contribution in [0.3, 0.4) is 0 Å². The molecule has 0 saturated carbocycles. The number of oxime groups is 1. The standard InChI is InChI=1S/C14H18ClN3O2/c15-12-4-2-1-3-11(12)9-13(19)18-7-5-10(6-8-18)14(16)17-20/h1-4,10,20H,5-9H2,(H2,16,17). The van der Waals surface area contributed by atoms with Crippen LogP contribution >= 0.6 is 11.6 Å². The Labute approximate surface area is 123 Å². The van der Waals surface area contributed by atoms with E-state index in [1.54, 1.807) is 6.07 Å². The molecule has 0 spiro atoms. The van der Waals surface area contributed by atoms with Crippen molar-refractivity contribution < 1.29 is 10.0 Å². The molecule has 1 aromatic rings. The zero-order valence-electron chi connectivity index (χ0n) is 11.1. The Hall–Kier alpha value is -1.75. The fourth-order valence-electron chi connectivity index (χ4n) is 2.42. The number of hydrogen-bond donors (Lipinski definition) is 2. The molecule has 0 radical (unpaired) electrons. The number of amidine groups is 1. The van der Waals surface area contributed by atoms with Crippen LogP contribution in [0.2, 0.25) is 5.02 Å². The molecular weight excluding hydrogens is 278 g/mol. The highest BCUT2D eigenvalue weighted by Gasteiger charge is 2.25. The third-order valence-electron chi connectivity index (χ3n) is 3.68. The molecule has 1 aromatic carbocycles. The summed E-state index contributed by atoms with van der Waals surface area (Å²) in [5.74, 6) is 0.378. The van der Waals surface area contributed by atoms with Gasteiger partial charge in [-0.3, -0.25) is 4.79 Å². The lowest BCUT2D eigenvalue weighted by Crippen LogP contribution is -2.42. The minimum Gasteiger partial charge on any atom is -0.409 e. The molecule has 108 valence electrons. The van der Waals surface area contributed by atoms with Gasteiger partial charge in [0.05, 0.1) is 6.42 Å². The predicted octanol–water partition coefficient (Wildman–Crippen LogP) is 1.87. The Morgan fingerprint density at radius 1 is 1.40 bits per heavy atom. The van der Waals surface area contributed by atoms with Crippen LogP contribution in [0.5, 0.6) is 0 Å². The predicted molar refractivity (Wildman–Crippen MR) is 77.9 cm³/mol. The summed E-state index contributed by atoms with van der Waals surface area (Å²) >= 11 is 6.06. The van der Waals surface area contributed by atoms with Crippen LogP contribution < -0.4 is 5.73 Å². The number of nitrogens with zero attached hydrogens (tertiary/aromatic N) is 2. The van der Waals surface area contributed by atoms with E-state index in [0.29, 0.717) is 24.5 Å². The first-order chi connectivity index (χ1) is 9.61. The number of carbonyl (C=O) groups excluding carboxylic acids is 1. The smallest absolute Gasteiger partial charge is 0.227 e. The van der Waals surface area contributed by atoms with Gasteiger partial charge in [-0.15, -0.1) is 0 Å². The monoisotopic (exact) mass is 295 g/mol. The van der Waals surface area contributed by atoms with E-state index in [9.17, 15) is 4.79 Å². The summed E-state index contributed by atoms with van der Waals surface area (Å²) in [7, 11) is 0. The van der Waals surface area contributed by atoms with Gasteiger partial charge in [-0.1, -0.05) is 35.0 Å². The van der Waals surface area contributed by atoms with Gasteiger partial charge >= 0.3 is 0 Å². The number of hydrogen-bond acceptors (Lipinski definition) is 3. The van der Waals surface area contributed by atoms with Gasteiger partial charge in [0, 0.05) is 24.0 Å². The molecule has 6 heteroatoms. The molecule has 1 aliphatic heterocycles. The van der Waals surface area contributed by atoms with Crippen LogP contribution in [0.1, 0.15) is 18.4 Å².